The van der Waals surface area contributed by atoms with Crippen LogP contribution in [0, 0.1) is 65.1 Å². The molecular formula is C27H48O. The molecule has 0 N–H and O–H groups in total. The molecule has 1 nitrogen and oxygen atoms in total. The first-order chi connectivity index (χ1) is 13.3. The highest BCUT2D eigenvalue weighted by Crippen LogP contribution is 2.53. The molecule has 28 heavy (non-hydrogen) atoms. The third kappa shape index (κ3) is 4.70. The van der Waals surface area contributed by atoms with Gasteiger partial charge in [-0.1, -0.05) is 60.8 Å². The molecule has 0 amide bonds. The Labute approximate surface area is 175 Å². The van der Waals surface area contributed by atoms with E-state index in [4.69, 9.17) is 0 Å². The Bertz CT molecular complexity index is 454. The number of hydrogen-bond donors (Lipinski definition) is 0. The van der Waals surface area contributed by atoms with E-state index in [9.17, 15) is 4.79 Å². The first-order valence-electron chi connectivity index (χ1n) is 12.8. The van der Waals surface area contributed by atoms with E-state index in [1.54, 1.807) is 0 Å². The monoisotopic (exact) mass is 388 g/mol. The summed E-state index contributed by atoms with van der Waals surface area (Å²) >= 11 is 0. The van der Waals surface area contributed by atoms with Crippen molar-refractivity contribution in [2.24, 2.45) is 65.1 Å². The van der Waals surface area contributed by atoms with E-state index in [2.05, 4.69) is 41.5 Å². The van der Waals surface area contributed by atoms with Gasteiger partial charge < -0.3 is 4.79 Å². The third-order valence-electron chi connectivity index (χ3n) is 9.47. The number of carbonyl (C=O) groups excluding carboxylic acids is 1. The van der Waals surface area contributed by atoms with Crippen LogP contribution in [0.2, 0.25) is 0 Å². The fourth-order valence-corrected chi connectivity index (χ4v) is 8.03. The van der Waals surface area contributed by atoms with Gasteiger partial charge in [0.25, 0.3) is 0 Å². The molecule has 0 aromatic carbocycles. The topological polar surface area (TPSA) is 17.1 Å². The Morgan fingerprint density at radius 3 is 1.43 bits per heavy atom. The predicted molar refractivity (Wildman–Crippen MR) is 120 cm³/mol. The van der Waals surface area contributed by atoms with Gasteiger partial charge in [-0.25, -0.2) is 0 Å². The zero-order valence-corrected chi connectivity index (χ0v) is 19.7. The van der Waals surface area contributed by atoms with Gasteiger partial charge in [0, 0.05) is 5.92 Å². The largest absolute Gasteiger partial charge is 0.303 e. The van der Waals surface area contributed by atoms with E-state index < -0.39 is 0 Å². The average molecular weight is 389 g/mol. The van der Waals surface area contributed by atoms with Gasteiger partial charge in [0.1, 0.15) is 6.29 Å². The fourth-order valence-electron chi connectivity index (χ4n) is 8.03. The summed E-state index contributed by atoms with van der Waals surface area (Å²) in [7, 11) is 0. The van der Waals surface area contributed by atoms with Crippen molar-refractivity contribution >= 4 is 6.29 Å². The highest BCUT2D eigenvalue weighted by molar-refractivity contribution is 5.55. The van der Waals surface area contributed by atoms with Crippen molar-refractivity contribution in [1.29, 1.82) is 0 Å². The second kappa shape index (κ2) is 9.65. The summed E-state index contributed by atoms with van der Waals surface area (Å²) in [6.07, 6.45) is 13.8. The maximum Gasteiger partial charge on any atom is 0.123 e. The fraction of sp³-hybridized carbons (Fsp3) is 0.963. The van der Waals surface area contributed by atoms with Crippen LogP contribution in [0.5, 0.6) is 0 Å². The molecule has 3 aliphatic rings. The lowest BCUT2D eigenvalue weighted by Crippen LogP contribution is -2.45. The maximum atomic E-state index is 12.6. The standard InChI is InChI=1S/C27H48O/c1-17(2)21-12-10-19(5)14-25(21)23-8-7-9-24(27(23)16-28)26-15-20(6)11-13-22(26)18(3)4/h16-27H,7-15H2,1-6H3. The van der Waals surface area contributed by atoms with Crippen LogP contribution < -0.4 is 0 Å². The molecule has 8 atom stereocenters. The van der Waals surface area contributed by atoms with Gasteiger partial charge >= 0.3 is 0 Å². The molecule has 0 saturated heterocycles. The van der Waals surface area contributed by atoms with Gasteiger partial charge in [0.2, 0.25) is 0 Å². The van der Waals surface area contributed by atoms with E-state index in [0.29, 0.717) is 17.8 Å². The maximum absolute atomic E-state index is 12.6. The van der Waals surface area contributed by atoms with Gasteiger partial charge in [0.05, 0.1) is 0 Å². The summed E-state index contributed by atoms with van der Waals surface area (Å²) in [4.78, 5) is 12.6. The van der Waals surface area contributed by atoms with Gasteiger partial charge in [0.15, 0.2) is 0 Å². The van der Waals surface area contributed by atoms with Crippen molar-refractivity contribution in [3.63, 3.8) is 0 Å². The third-order valence-corrected chi connectivity index (χ3v) is 9.47. The molecule has 8 unspecified atom stereocenters. The zero-order valence-electron chi connectivity index (χ0n) is 19.7. The van der Waals surface area contributed by atoms with E-state index in [-0.39, 0.29) is 0 Å². The Balaban J connectivity index is 1.84. The Kier molecular flexibility index (Phi) is 7.71. The van der Waals surface area contributed by atoms with Crippen molar-refractivity contribution in [2.45, 2.75) is 99.3 Å². The summed E-state index contributed by atoms with van der Waals surface area (Å²) in [5, 5.41) is 0. The molecule has 0 aliphatic heterocycles. The van der Waals surface area contributed by atoms with Crippen LogP contribution >= 0.6 is 0 Å². The SMILES string of the molecule is CC1CCC(C(C)C)C(C2CCCC(C3CC(C)CCC3C(C)C)C2C=O)C1. The van der Waals surface area contributed by atoms with E-state index >= 15 is 0 Å². The smallest absolute Gasteiger partial charge is 0.123 e. The molecule has 0 bridgehead atoms. The van der Waals surface area contributed by atoms with Gasteiger partial charge in [-0.3, -0.25) is 0 Å². The molecular weight excluding hydrogens is 340 g/mol. The molecule has 3 fully saturated rings. The molecule has 3 aliphatic carbocycles. The molecule has 3 saturated carbocycles. The molecule has 1 heteroatoms. The summed E-state index contributed by atoms with van der Waals surface area (Å²) in [6, 6.07) is 0. The van der Waals surface area contributed by atoms with Crippen LogP contribution in [-0.4, -0.2) is 6.29 Å². The Morgan fingerprint density at radius 2 is 1.07 bits per heavy atom. The van der Waals surface area contributed by atoms with Crippen LogP contribution in [0.4, 0.5) is 0 Å². The minimum atomic E-state index is 0.335. The molecule has 3 rings (SSSR count). The molecule has 162 valence electrons. The molecule has 0 aromatic rings. The normalized spacial score (nSPS) is 45.4. The molecule has 0 heterocycles. The lowest BCUT2D eigenvalue weighted by atomic mass is 9.54. The van der Waals surface area contributed by atoms with Crippen LogP contribution in [0.1, 0.15) is 99.3 Å². The minimum Gasteiger partial charge on any atom is -0.303 e. The first kappa shape index (κ1) is 22.4. The summed E-state index contributed by atoms with van der Waals surface area (Å²) < 4.78 is 0. The highest BCUT2D eigenvalue weighted by atomic mass is 16.1. The number of rotatable bonds is 5. The van der Waals surface area contributed by atoms with Crippen LogP contribution in [0.25, 0.3) is 0 Å². The Morgan fingerprint density at radius 1 is 0.643 bits per heavy atom. The lowest BCUT2D eigenvalue weighted by Gasteiger charge is -2.51. The van der Waals surface area contributed by atoms with Crippen molar-refractivity contribution < 1.29 is 4.79 Å². The van der Waals surface area contributed by atoms with Crippen molar-refractivity contribution in [3.8, 4) is 0 Å². The summed E-state index contributed by atoms with van der Waals surface area (Å²) in [5.74, 6) is 8.17. The van der Waals surface area contributed by atoms with Crippen molar-refractivity contribution in [2.75, 3.05) is 0 Å². The highest BCUT2D eigenvalue weighted by Gasteiger charge is 2.47. The Hall–Kier alpha value is -0.330. The first-order valence-corrected chi connectivity index (χ1v) is 12.8. The van der Waals surface area contributed by atoms with Crippen molar-refractivity contribution in [3.05, 3.63) is 0 Å². The van der Waals surface area contributed by atoms with E-state index in [1.807, 2.05) is 0 Å². The second-order valence-electron chi connectivity index (χ2n) is 12.0. The summed E-state index contributed by atoms with van der Waals surface area (Å²) in [6.45, 7) is 14.6. The predicted octanol–water partition coefficient (Wildman–Crippen LogP) is 7.63. The van der Waals surface area contributed by atoms with E-state index in [1.165, 1.54) is 64.1 Å². The van der Waals surface area contributed by atoms with Crippen LogP contribution in [0.3, 0.4) is 0 Å². The second-order valence-corrected chi connectivity index (χ2v) is 12.0. The van der Waals surface area contributed by atoms with Crippen LogP contribution in [-0.2, 0) is 4.79 Å². The van der Waals surface area contributed by atoms with Gasteiger partial charge in [-0.05, 0) is 97.7 Å². The van der Waals surface area contributed by atoms with Gasteiger partial charge in [-0.2, -0.15) is 0 Å². The minimum absolute atomic E-state index is 0.335. The lowest BCUT2D eigenvalue weighted by molar-refractivity contribution is -0.121. The molecule has 0 aromatic heterocycles. The molecule has 0 spiro atoms. The quantitative estimate of drug-likeness (QED) is 0.442. The van der Waals surface area contributed by atoms with E-state index in [0.717, 1.165) is 47.3 Å². The zero-order chi connectivity index (χ0) is 20.4. The van der Waals surface area contributed by atoms with Crippen molar-refractivity contribution in [1.82, 2.24) is 0 Å². The van der Waals surface area contributed by atoms with Gasteiger partial charge in [-0.15, -0.1) is 0 Å². The van der Waals surface area contributed by atoms with Crippen LogP contribution in [0.15, 0.2) is 0 Å². The average Bonchev–Trinajstić information content (AvgIpc) is 2.66. The number of hydrogen-bond acceptors (Lipinski definition) is 1. The number of carbonyl (C=O) groups is 1. The summed E-state index contributed by atoms with van der Waals surface area (Å²) in [5.41, 5.74) is 0. The molecule has 0 radical (unpaired) electrons. The number of aldehydes is 1.